The molecule has 1 aromatic carbocycles. The maximum atomic E-state index is 12.5. The standard InChI is InChI=1S/C19H23BrN2O4/c1-2-25-19(24)18-17(14-12-13(20)6-7-15(14)26-18)21-16(23)8-11-22-9-4-3-5-10-22/h6-7,12H,2-5,8-11H2,1H3,(H,21,23)/p+1. The third-order valence-electron chi connectivity index (χ3n) is 4.64. The van der Waals surface area contributed by atoms with Crippen molar-refractivity contribution in [1.29, 1.82) is 0 Å². The van der Waals surface area contributed by atoms with E-state index in [0.717, 1.165) is 24.1 Å². The van der Waals surface area contributed by atoms with E-state index in [9.17, 15) is 9.59 Å². The van der Waals surface area contributed by atoms with Gasteiger partial charge in [0, 0.05) is 9.86 Å². The summed E-state index contributed by atoms with van der Waals surface area (Å²) in [6, 6.07) is 5.41. The molecular formula is C19H24BrN2O4+. The van der Waals surface area contributed by atoms with Gasteiger partial charge < -0.3 is 19.4 Å². The zero-order valence-corrected chi connectivity index (χ0v) is 16.5. The van der Waals surface area contributed by atoms with Gasteiger partial charge in [0.2, 0.25) is 11.7 Å². The van der Waals surface area contributed by atoms with Gasteiger partial charge in [-0.25, -0.2) is 4.79 Å². The number of ether oxygens (including phenoxy) is 1. The molecule has 2 heterocycles. The molecule has 140 valence electrons. The number of carbonyl (C=O) groups is 2. The Morgan fingerprint density at radius 2 is 2.04 bits per heavy atom. The van der Waals surface area contributed by atoms with Crippen molar-refractivity contribution in [1.82, 2.24) is 0 Å². The number of quaternary nitrogens is 1. The first kappa shape index (κ1) is 18.9. The Morgan fingerprint density at radius 1 is 1.27 bits per heavy atom. The normalized spacial score (nSPS) is 15.2. The van der Waals surface area contributed by atoms with E-state index in [2.05, 4.69) is 21.2 Å². The fourth-order valence-corrected chi connectivity index (χ4v) is 3.69. The first-order valence-corrected chi connectivity index (χ1v) is 9.90. The maximum Gasteiger partial charge on any atom is 0.376 e. The fraction of sp³-hybridized carbons (Fsp3) is 0.474. The summed E-state index contributed by atoms with van der Waals surface area (Å²) >= 11 is 3.42. The minimum Gasteiger partial charge on any atom is -0.460 e. The first-order valence-electron chi connectivity index (χ1n) is 9.11. The molecule has 2 aromatic rings. The number of hydrogen-bond acceptors (Lipinski definition) is 4. The zero-order chi connectivity index (χ0) is 18.5. The number of piperidine rings is 1. The summed E-state index contributed by atoms with van der Waals surface area (Å²) in [6.45, 7) is 5.04. The Kier molecular flexibility index (Phi) is 6.32. The van der Waals surface area contributed by atoms with Gasteiger partial charge in [-0.05, 0) is 44.4 Å². The molecule has 0 saturated carbocycles. The van der Waals surface area contributed by atoms with Crippen LogP contribution in [-0.4, -0.2) is 38.1 Å². The summed E-state index contributed by atoms with van der Waals surface area (Å²) in [5.41, 5.74) is 0.923. The van der Waals surface area contributed by atoms with Gasteiger partial charge in [-0.2, -0.15) is 0 Å². The molecule has 0 aliphatic carbocycles. The van der Waals surface area contributed by atoms with E-state index < -0.39 is 5.97 Å². The van der Waals surface area contributed by atoms with Gasteiger partial charge in [0.05, 0.1) is 32.7 Å². The van der Waals surface area contributed by atoms with E-state index in [4.69, 9.17) is 9.15 Å². The lowest BCUT2D eigenvalue weighted by atomic mass is 10.1. The number of likely N-dealkylation sites (tertiary alicyclic amines) is 1. The van der Waals surface area contributed by atoms with Crippen LogP contribution in [0.4, 0.5) is 5.69 Å². The van der Waals surface area contributed by atoms with Gasteiger partial charge in [0.15, 0.2) is 0 Å². The van der Waals surface area contributed by atoms with Crippen molar-refractivity contribution in [2.45, 2.75) is 32.6 Å². The van der Waals surface area contributed by atoms with Gasteiger partial charge in [-0.15, -0.1) is 0 Å². The summed E-state index contributed by atoms with van der Waals surface area (Å²) in [4.78, 5) is 26.2. The molecule has 1 aliphatic heterocycles. The highest BCUT2D eigenvalue weighted by Gasteiger charge is 2.24. The van der Waals surface area contributed by atoms with Crippen LogP contribution >= 0.6 is 15.9 Å². The molecule has 1 amide bonds. The van der Waals surface area contributed by atoms with Gasteiger partial charge in [-0.3, -0.25) is 4.79 Å². The van der Waals surface area contributed by atoms with E-state index >= 15 is 0 Å². The van der Waals surface area contributed by atoms with Crippen LogP contribution in [0.25, 0.3) is 11.0 Å². The number of benzene rings is 1. The average molecular weight is 424 g/mol. The van der Waals surface area contributed by atoms with Crippen LogP contribution in [0.2, 0.25) is 0 Å². The molecule has 1 aliphatic rings. The van der Waals surface area contributed by atoms with Crippen molar-refractivity contribution in [3.63, 3.8) is 0 Å². The molecule has 1 fully saturated rings. The van der Waals surface area contributed by atoms with Crippen LogP contribution in [0.5, 0.6) is 0 Å². The molecule has 0 bridgehead atoms. The quantitative estimate of drug-likeness (QED) is 0.700. The third kappa shape index (κ3) is 4.45. The van der Waals surface area contributed by atoms with Crippen LogP contribution in [0.1, 0.15) is 43.2 Å². The summed E-state index contributed by atoms with van der Waals surface area (Å²) in [7, 11) is 0. The second-order valence-corrected chi connectivity index (χ2v) is 7.44. The number of rotatable bonds is 6. The molecule has 1 saturated heterocycles. The van der Waals surface area contributed by atoms with Gasteiger partial charge in [0.1, 0.15) is 11.3 Å². The van der Waals surface area contributed by atoms with Crippen LogP contribution in [0.3, 0.4) is 0 Å². The Morgan fingerprint density at radius 3 is 2.77 bits per heavy atom. The predicted molar refractivity (Wildman–Crippen MR) is 103 cm³/mol. The van der Waals surface area contributed by atoms with Crippen molar-refractivity contribution >= 4 is 44.5 Å². The molecule has 0 atom stereocenters. The van der Waals surface area contributed by atoms with Crippen molar-refractivity contribution in [2.75, 3.05) is 31.6 Å². The molecule has 0 spiro atoms. The first-order chi connectivity index (χ1) is 12.6. The molecule has 0 radical (unpaired) electrons. The zero-order valence-electron chi connectivity index (χ0n) is 14.9. The Hall–Kier alpha value is -1.86. The van der Waals surface area contributed by atoms with E-state index in [1.54, 1.807) is 13.0 Å². The maximum absolute atomic E-state index is 12.5. The Labute approximate surface area is 161 Å². The highest BCUT2D eigenvalue weighted by Crippen LogP contribution is 2.33. The smallest absolute Gasteiger partial charge is 0.376 e. The highest BCUT2D eigenvalue weighted by molar-refractivity contribution is 9.10. The van der Waals surface area contributed by atoms with E-state index in [1.165, 1.54) is 24.2 Å². The summed E-state index contributed by atoms with van der Waals surface area (Å²) in [5, 5.41) is 3.55. The number of halogens is 1. The third-order valence-corrected chi connectivity index (χ3v) is 5.13. The van der Waals surface area contributed by atoms with Crippen molar-refractivity contribution in [2.24, 2.45) is 0 Å². The lowest BCUT2D eigenvalue weighted by Crippen LogP contribution is -3.12. The molecule has 0 unspecified atom stereocenters. The SMILES string of the molecule is CCOC(=O)c1oc2ccc(Br)cc2c1NC(=O)CC[NH+]1CCCCC1. The van der Waals surface area contributed by atoms with Crippen molar-refractivity contribution in [3.05, 3.63) is 28.4 Å². The monoisotopic (exact) mass is 423 g/mol. The Bertz CT molecular complexity index is 796. The molecule has 3 rings (SSSR count). The lowest BCUT2D eigenvalue weighted by molar-refractivity contribution is -0.904. The highest BCUT2D eigenvalue weighted by atomic mass is 79.9. The molecule has 2 N–H and O–H groups in total. The summed E-state index contributed by atoms with van der Waals surface area (Å²) in [5.74, 6) is -0.647. The number of fused-ring (bicyclic) bond motifs is 1. The topological polar surface area (TPSA) is 73.0 Å². The van der Waals surface area contributed by atoms with Gasteiger partial charge in [-0.1, -0.05) is 15.9 Å². The van der Waals surface area contributed by atoms with E-state index in [0.29, 0.717) is 23.1 Å². The second-order valence-electron chi connectivity index (χ2n) is 6.53. The van der Waals surface area contributed by atoms with E-state index in [-0.39, 0.29) is 18.3 Å². The molecule has 6 nitrogen and oxygen atoms in total. The summed E-state index contributed by atoms with van der Waals surface area (Å²) in [6.07, 6.45) is 4.15. The number of anilines is 1. The molecule has 26 heavy (non-hydrogen) atoms. The van der Waals surface area contributed by atoms with Crippen LogP contribution in [0.15, 0.2) is 27.1 Å². The van der Waals surface area contributed by atoms with Gasteiger partial charge in [0.25, 0.3) is 0 Å². The lowest BCUT2D eigenvalue weighted by Gasteiger charge is -2.23. The Balaban J connectivity index is 1.77. The van der Waals surface area contributed by atoms with Crippen molar-refractivity contribution < 1.29 is 23.6 Å². The fourth-order valence-electron chi connectivity index (χ4n) is 3.33. The minimum absolute atomic E-state index is 0.0404. The van der Waals surface area contributed by atoms with E-state index in [1.807, 2.05) is 12.1 Å². The molecule has 7 heteroatoms. The number of nitrogens with one attached hydrogen (secondary N) is 2. The minimum atomic E-state index is -0.572. The largest absolute Gasteiger partial charge is 0.460 e. The number of esters is 1. The number of amides is 1. The van der Waals surface area contributed by atoms with Gasteiger partial charge >= 0.3 is 5.97 Å². The number of furan rings is 1. The second kappa shape index (κ2) is 8.68. The summed E-state index contributed by atoms with van der Waals surface area (Å²) < 4.78 is 11.6. The predicted octanol–water partition coefficient (Wildman–Crippen LogP) is 2.77. The van der Waals surface area contributed by atoms with Crippen LogP contribution in [-0.2, 0) is 9.53 Å². The molecule has 1 aromatic heterocycles. The molecular weight excluding hydrogens is 400 g/mol. The average Bonchev–Trinajstić information content (AvgIpc) is 2.99. The van der Waals surface area contributed by atoms with Crippen LogP contribution in [0, 0.1) is 0 Å². The van der Waals surface area contributed by atoms with Crippen LogP contribution < -0.4 is 10.2 Å². The number of carbonyl (C=O) groups excluding carboxylic acids is 2. The van der Waals surface area contributed by atoms with Crippen molar-refractivity contribution in [3.8, 4) is 0 Å². The number of hydrogen-bond donors (Lipinski definition) is 2.